The molecule has 2 aromatic heterocycles. The summed E-state index contributed by atoms with van der Waals surface area (Å²) in [5.74, 6) is -4.54. The molecule has 1 atom stereocenters. The number of aromatic nitrogens is 5. The van der Waals surface area contributed by atoms with Crippen molar-refractivity contribution in [1.82, 2.24) is 29.6 Å². The van der Waals surface area contributed by atoms with Crippen molar-refractivity contribution < 1.29 is 35.2 Å². The van der Waals surface area contributed by atoms with Crippen molar-refractivity contribution in [2.75, 3.05) is 6.54 Å². The molecule has 1 unspecified atom stereocenters. The molecule has 1 saturated carbocycles. The number of nitrogens with zero attached hydrogens (tertiary/aromatic N) is 6. The molecule has 1 fully saturated rings. The zero-order valence-corrected chi connectivity index (χ0v) is 19.4. The number of hydrogen-bond acceptors (Lipinski definition) is 7. The molecule has 1 aromatic carbocycles. The van der Waals surface area contributed by atoms with Crippen LogP contribution in [0.15, 0.2) is 47.9 Å². The van der Waals surface area contributed by atoms with E-state index in [1.54, 1.807) is 13.0 Å². The largest absolute Gasteiger partial charge is 0.416 e. The van der Waals surface area contributed by atoms with Crippen LogP contribution in [0, 0.1) is 5.92 Å². The van der Waals surface area contributed by atoms with Crippen LogP contribution in [0.5, 0.6) is 0 Å². The number of halogens is 5. The van der Waals surface area contributed by atoms with Gasteiger partial charge in [-0.2, -0.15) is 31.7 Å². The lowest BCUT2D eigenvalue weighted by molar-refractivity contribution is -0.137. The van der Waals surface area contributed by atoms with Gasteiger partial charge in [-0.15, -0.1) is 0 Å². The number of carbonyl (C=O) groups is 1. The van der Waals surface area contributed by atoms with E-state index in [4.69, 9.17) is 0 Å². The molecule has 3 aromatic rings. The van der Waals surface area contributed by atoms with Gasteiger partial charge in [0.25, 0.3) is 11.9 Å². The third kappa shape index (κ3) is 5.20. The van der Waals surface area contributed by atoms with Crippen LogP contribution in [0.1, 0.15) is 47.6 Å². The summed E-state index contributed by atoms with van der Waals surface area (Å²) in [6.07, 6.45) is 0.579. The fraction of sp³-hybridized carbons (Fsp3) is 0.381. The van der Waals surface area contributed by atoms with Crippen molar-refractivity contribution in [3.63, 3.8) is 0 Å². The first-order valence-electron chi connectivity index (χ1n) is 10.6. The van der Waals surface area contributed by atoms with Crippen LogP contribution >= 0.6 is 0 Å². The van der Waals surface area contributed by atoms with E-state index in [-0.39, 0.29) is 30.3 Å². The van der Waals surface area contributed by atoms with E-state index in [9.17, 15) is 35.2 Å². The number of hydrogen-bond donors (Lipinski definition) is 0. The Morgan fingerprint density at radius 1 is 1.14 bits per heavy atom. The highest BCUT2D eigenvalue weighted by Crippen LogP contribution is 2.36. The van der Waals surface area contributed by atoms with Crippen LogP contribution in [0.4, 0.5) is 22.0 Å². The number of alkyl halides is 5. The molecule has 1 aliphatic rings. The van der Waals surface area contributed by atoms with Crippen LogP contribution in [-0.2, 0) is 16.0 Å². The molecular weight excluding hydrogens is 511 g/mol. The summed E-state index contributed by atoms with van der Waals surface area (Å²) in [4.78, 5) is 25.7. The quantitative estimate of drug-likeness (QED) is 0.409. The Kier molecular flexibility index (Phi) is 6.77. The molecule has 192 valence electrons. The van der Waals surface area contributed by atoms with Gasteiger partial charge in [-0.25, -0.2) is 23.4 Å². The van der Waals surface area contributed by atoms with Gasteiger partial charge in [0.2, 0.25) is 9.84 Å². The van der Waals surface area contributed by atoms with Gasteiger partial charge in [0, 0.05) is 24.5 Å². The molecule has 0 N–H and O–H groups in total. The summed E-state index contributed by atoms with van der Waals surface area (Å²) >= 11 is 0. The van der Waals surface area contributed by atoms with Crippen molar-refractivity contribution in [2.24, 2.45) is 5.92 Å². The molecule has 0 saturated heterocycles. The van der Waals surface area contributed by atoms with E-state index in [2.05, 4.69) is 20.1 Å². The molecule has 15 heteroatoms. The van der Waals surface area contributed by atoms with Crippen LogP contribution in [0.2, 0.25) is 0 Å². The first-order chi connectivity index (χ1) is 16.9. The number of carbonyl (C=O) groups excluding carboxylic acids is 1. The highest BCUT2D eigenvalue weighted by Gasteiger charge is 2.38. The van der Waals surface area contributed by atoms with Gasteiger partial charge in [0.05, 0.1) is 16.5 Å². The van der Waals surface area contributed by atoms with E-state index in [1.807, 2.05) is 0 Å². The smallest absolute Gasteiger partial charge is 0.328 e. The highest BCUT2D eigenvalue weighted by atomic mass is 32.2. The maximum absolute atomic E-state index is 13.5. The predicted octanol–water partition coefficient (Wildman–Crippen LogP) is 3.69. The first kappa shape index (κ1) is 25.6. The number of rotatable bonds is 8. The van der Waals surface area contributed by atoms with Crippen molar-refractivity contribution in [3.8, 4) is 5.95 Å². The van der Waals surface area contributed by atoms with Gasteiger partial charge in [0.1, 0.15) is 6.33 Å². The Hall–Kier alpha value is -3.49. The second-order valence-electron chi connectivity index (χ2n) is 8.21. The van der Waals surface area contributed by atoms with E-state index in [0.717, 1.165) is 12.8 Å². The molecule has 2 heterocycles. The Balaban J connectivity index is 1.78. The molecule has 1 aliphatic carbocycles. The summed E-state index contributed by atoms with van der Waals surface area (Å²) in [5.41, 5.74) is -2.23. The molecule has 4 rings (SSSR count). The first-order valence-corrected chi connectivity index (χ1v) is 12.2. The third-order valence-electron chi connectivity index (χ3n) is 5.61. The second-order valence-corrected chi connectivity index (χ2v) is 10.1. The van der Waals surface area contributed by atoms with Crippen molar-refractivity contribution in [1.29, 1.82) is 0 Å². The van der Waals surface area contributed by atoms with Gasteiger partial charge < -0.3 is 4.90 Å². The summed E-state index contributed by atoms with van der Waals surface area (Å²) in [7, 11) is -5.41. The maximum atomic E-state index is 13.5. The number of amides is 1. The molecule has 1 amide bonds. The van der Waals surface area contributed by atoms with Gasteiger partial charge in [-0.05, 0) is 49.9 Å². The minimum absolute atomic E-state index is 0.0656. The minimum atomic E-state index is -5.41. The van der Waals surface area contributed by atoms with Gasteiger partial charge in [0.15, 0.2) is 5.82 Å². The molecule has 36 heavy (non-hydrogen) atoms. The van der Waals surface area contributed by atoms with Gasteiger partial charge >= 0.3 is 11.9 Å². The zero-order valence-electron chi connectivity index (χ0n) is 18.6. The molecule has 0 aliphatic heterocycles. The SMILES string of the molecule is CC(c1ncnn1-c1ncccn1)N(CC1CC1)C(=O)c1cc(C(F)(F)F)cc(S(=O)(=O)C(F)F)c1. The van der Waals surface area contributed by atoms with Crippen molar-refractivity contribution in [2.45, 2.75) is 42.6 Å². The zero-order chi connectivity index (χ0) is 26.3. The minimum Gasteiger partial charge on any atom is -0.328 e. The number of benzene rings is 1. The summed E-state index contributed by atoms with van der Waals surface area (Å²) in [6, 6.07) is 1.79. The standard InChI is InChI=1S/C21H19F5N6O3S/c1-12(17-29-11-30-32(17)20-27-5-2-6-28-20)31(10-13-3-4-13)18(33)14-7-15(21(24,25)26)9-16(8-14)36(34,35)19(22)23/h2,5-9,11-13,19H,3-4,10H2,1H3. The fourth-order valence-electron chi connectivity index (χ4n) is 3.54. The monoisotopic (exact) mass is 530 g/mol. The van der Waals surface area contributed by atoms with Crippen molar-refractivity contribution >= 4 is 15.7 Å². The predicted molar refractivity (Wildman–Crippen MR) is 114 cm³/mol. The summed E-state index contributed by atoms with van der Waals surface area (Å²) in [5, 5.41) is 4.06. The molecule has 0 spiro atoms. The Morgan fingerprint density at radius 2 is 1.81 bits per heavy atom. The topological polar surface area (TPSA) is 111 Å². The van der Waals surface area contributed by atoms with Crippen LogP contribution in [0.3, 0.4) is 0 Å². The normalized spacial score (nSPS) is 15.2. The third-order valence-corrected chi connectivity index (χ3v) is 6.98. The highest BCUT2D eigenvalue weighted by molar-refractivity contribution is 7.91. The maximum Gasteiger partial charge on any atom is 0.416 e. The lowest BCUT2D eigenvalue weighted by Crippen LogP contribution is -2.37. The lowest BCUT2D eigenvalue weighted by atomic mass is 10.1. The molecule has 0 radical (unpaired) electrons. The lowest BCUT2D eigenvalue weighted by Gasteiger charge is -2.29. The van der Waals surface area contributed by atoms with E-state index < -0.39 is 49.7 Å². The second kappa shape index (κ2) is 9.52. The Bertz CT molecular complexity index is 1360. The molecular formula is C21H19F5N6O3S. The van der Waals surface area contributed by atoms with Crippen molar-refractivity contribution in [3.05, 3.63) is 59.9 Å². The average Bonchev–Trinajstić information content (AvgIpc) is 3.53. The van der Waals surface area contributed by atoms with Gasteiger partial charge in [-0.1, -0.05) is 0 Å². The van der Waals surface area contributed by atoms with Crippen LogP contribution < -0.4 is 0 Å². The number of sulfone groups is 1. The van der Waals surface area contributed by atoms with Crippen LogP contribution in [0.25, 0.3) is 5.95 Å². The van der Waals surface area contributed by atoms with E-state index in [0.29, 0.717) is 12.1 Å². The average molecular weight is 530 g/mol. The fourth-order valence-corrected chi connectivity index (χ4v) is 4.33. The Labute approximate surface area is 201 Å². The van der Waals surface area contributed by atoms with Crippen LogP contribution in [-0.4, -0.2) is 56.3 Å². The summed E-state index contributed by atoms with van der Waals surface area (Å²) in [6.45, 7) is 1.68. The summed E-state index contributed by atoms with van der Waals surface area (Å²) < 4.78 is 92.0. The molecule has 0 bridgehead atoms. The Morgan fingerprint density at radius 3 is 2.39 bits per heavy atom. The van der Waals surface area contributed by atoms with E-state index in [1.165, 1.54) is 28.3 Å². The molecule has 9 nitrogen and oxygen atoms in total. The van der Waals surface area contributed by atoms with E-state index >= 15 is 0 Å². The van der Waals surface area contributed by atoms with Gasteiger partial charge in [-0.3, -0.25) is 4.79 Å².